The van der Waals surface area contributed by atoms with Crippen LogP contribution in [0.5, 0.6) is 0 Å². The summed E-state index contributed by atoms with van der Waals surface area (Å²) in [7, 11) is -1.78. The number of aryl methyl sites for hydroxylation is 2. The zero-order valence-corrected chi connectivity index (χ0v) is 24.8. The van der Waals surface area contributed by atoms with Crippen LogP contribution in [0.2, 0.25) is 36.3 Å². The molecule has 0 atom stereocenters. The SMILES string of the molecule is CC[c-]1ccc([Si]2(CC)CCC2)c1.CC[c-]1ccc([Si]2(CC)CCC2)c1.[Cl-].[Cl-].[Zr+4]. The van der Waals surface area contributed by atoms with E-state index in [0.717, 1.165) is 0 Å². The van der Waals surface area contributed by atoms with Crippen molar-refractivity contribution in [2.75, 3.05) is 0 Å². The largest absolute Gasteiger partial charge is 4.00 e. The van der Waals surface area contributed by atoms with Gasteiger partial charge in [0.15, 0.2) is 0 Å². The van der Waals surface area contributed by atoms with E-state index in [2.05, 4.69) is 64.1 Å². The van der Waals surface area contributed by atoms with Gasteiger partial charge in [0.05, 0.1) is 0 Å². The molecular weight excluding hydrogens is 507 g/mol. The van der Waals surface area contributed by atoms with E-state index in [1.807, 2.05) is 0 Å². The maximum Gasteiger partial charge on any atom is 4.00 e. The van der Waals surface area contributed by atoms with E-state index >= 15 is 0 Å². The molecule has 4 rings (SSSR count). The molecule has 5 heteroatoms. The van der Waals surface area contributed by atoms with Gasteiger partial charge < -0.3 is 24.8 Å². The van der Waals surface area contributed by atoms with Crippen molar-refractivity contribution < 1.29 is 51.0 Å². The summed E-state index contributed by atoms with van der Waals surface area (Å²) in [6.07, 6.45) is 5.39. The fourth-order valence-corrected chi connectivity index (χ4v) is 12.6. The summed E-state index contributed by atoms with van der Waals surface area (Å²) >= 11 is 0. The monoisotopic (exact) mass is 542 g/mol. The van der Waals surface area contributed by atoms with Gasteiger partial charge >= 0.3 is 26.2 Å². The topological polar surface area (TPSA) is 0 Å². The Balaban J connectivity index is 0.000000490. The second-order valence-corrected chi connectivity index (χ2v) is 18.4. The molecule has 2 heterocycles. The van der Waals surface area contributed by atoms with Crippen LogP contribution in [0.15, 0.2) is 36.4 Å². The van der Waals surface area contributed by atoms with Crippen molar-refractivity contribution >= 4 is 26.5 Å². The Hall–Kier alpha value is 0.597. The summed E-state index contributed by atoms with van der Waals surface area (Å²) in [4.78, 5) is 0. The summed E-state index contributed by atoms with van der Waals surface area (Å²) in [5.74, 6) is 0. The van der Waals surface area contributed by atoms with Crippen molar-refractivity contribution in [3.05, 3.63) is 47.5 Å². The van der Waals surface area contributed by atoms with E-state index in [4.69, 9.17) is 0 Å². The van der Waals surface area contributed by atoms with Gasteiger partial charge in [0, 0.05) is 16.1 Å². The van der Waals surface area contributed by atoms with Crippen molar-refractivity contribution in [3.8, 4) is 0 Å². The molecule has 0 aromatic heterocycles. The van der Waals surface area contributed by atoms with Crippen molar-refractivity contribution in [2.45, 2.75) is 89.6 Å². The Kier molecular flexibility index (Phi) is 13.5. The molecule has 0 aliphatic carbocycles. The second-order valence-electron chi connectivity index (χ2n) is 8.70. The van der Waals surface area contributed by atoms with E-state index in [1.54, 1.807) is 45.7 Å². The van der Waals surface area contributed by atoms with Crippen LogP contribution in [-0.2, 0) is 39.0 Å². The first-order valence-corrected chi connectivity index (χ1v) is 16.4. The predicted octanol–water partition coefficient (Wildman–Crippen LogP) is 0.100. The number of hydrogen-bond acceptors (Lipinski definition) is 0. The van der Waals surface area contributed by atoms with E-state index in [-0.39, 0.29) is 51.0 Å². The summed E-state index contributed by atoms with van der Waals surface area (Å²) in [5, 5.41) is 3.50. The van der Waals surface area contributed by atoms with E-state index in [1.165, 1.54) is 37.8 Å². The minimum Gasteiger partial charge on any atom is -1.00 e. The van der Waals surface area contributed by atoms with Gasteiger partial charge in [-0.15, -0.1) is 0 Å². The first-order valence-electron chi connectivity index (χ1n) is 11.1. The Morgan fingerprint density at radius 3 is 1.21 bits per heavy atom. The number of halogens is 2. The Morgan fingerprint density at radius 1 is 0.690 bits per heavy atom. The molecule has 0 amide bonds. The van der Waals surface area contributed by atoms with Crippen molar-refractivity contribution in [3.63, 3.8) is 0 Å². The van der Waals surface area contributed by atoms with Gasteiger partial charge in [0.2, 0.25) is 0 Å². The molecule has 2 saturated heterocycles. The Morgan fingerprint density at radius 2 is 1.03 bits per heavy atom. The maximum absolute atomic E-state index is 2.48. The molecule has 0 bridgehead atoms. The van der Waals surface area contributed by atoms with Crippen LogP contribution in [0.4, 0.5) is 0 Å². The third-order valence-electron chi connectivity index (χ3n) is 7.65. The first-order chi connectivity index (χ1) is 12.6. The summed E-state index contributed by atoms with van der Waals surface area (Å²) in [6, 6.07) is 23.6. The van der Waals surface area contributed by atoms with Crippen LogP contribution in [0.3, 0.4) is 0 Å². The molecular formula is C24H38Cl2Si2Zr. The minimum absolute atomic E-state index is 0. The molecule has 2 aromatic carbocycles. The second kappa shape index (κ2) is 13.2. The van der Waals surface area contributed by atoms with Crippen molar-refractivity contribution in [1.82, 2.24) is 0 Å². The average molecular weight is 545 g/mol. The molecule has 160 valence electrons. The quantitative estimate of drug-likeness (QED) is 0.358. The van der Waals surface area contributed by atoms with Crippen molar-refractivity contribution in [2.24, 2.45) is 0 Å². The van der Waals surface area contributed by atoms with Gasteiger partial charge in [0.25, 0.3) is 0 Å². The fraction of sp³-hybridized carbons (Fsp3) is 0.583. The molecule has 2 fully saturated rings. The molecule has 0 saturated carbocycles. The fourth-order valence-electron chi connectivity index (χ4n) is 4.98. The van der Waals surface area contributed by atoms with Crippen LogP contribution in [-0.4, -0.2) is 16.1 Å². The van der Waals surface area contributed by atoms with Crippen LogP contribution in [0.1, 0.15) is 51.7 Å². The number of rotatable bonds is 6. The van der Waals surface area contributed by atoms with Gasteiger partial charge in [-0.25, -0.2) is 22.5 Å². The molecule has 2 aromatic rings. The molecule has 29 heavy (non-hydrogen) atoms. The van der Waals surface area contributed by atoms with Gasteiger partial charge in [0.1, 0.15) is 0 Å². The van der Waals surface area contributed by atoms with Gasteiger partial charge in [-0.05, 0) is 0 Å². The van der Waals surface area contributed by atoms with Gasteiger partial charge in [-0.2, -0.15) is 35.4 Å². The molecule has 2 aliphatic heterocycles. The smallest absolute Gasteiger partial charge is 1.00 e. The van der Waals surface area contributed by atoms with Crippen LogP contribution in [0, 0.1) is 0 Å². The Bertz CT molecular complexity index is 628. The standard InChI is InChI=1S/2C12H19Si.2ClH.Zr/c2*1-3-11-6-7-12(10-11)13(4-2)8-5-9-13;;;/h2*6-7,10H,3-5,8-9H2,1-2H3;2*1H;/q2*-1;;;+4/p-2. The summed E-state index contributed by atoms with van der Waals surface area (Å²) < 4.78 is 0. The Labute approximate surface area is 213 Å². The van der Waals surface area contributed by atoms with Crippen LogP contribution in [0.25, 0.3) is 0 Å². The van der Waals surface area contributed by atoms with Crippen molar-refractivity contribution in [1.29, 1.82) is 0 Å². The first kappa shape index (κ1) is 29.6. The van der Waals surface area contributed by atoms with Gasteiger partial charge in [-0.1, -0.05) is 89.6 Å². The zero-order valence-electron chi connectivity index (χ0n) is 18.8. The summed E-state index contributed by atoms with van der Waals surface area (Å²) in [5.41, 5.74) is 3.09. The molecule has 0 unspecified atom stereocenters. The van der Waals surface area contributed by atoms with E-state index < -0.39 is 16.1 Å². The number of hydrogen-bond donors (Lipinski definition) is 0. The zero-order chi connectivity index (χ0) is 18.6. The molecule has 0 N–H and O–H groups in total. The third kappa shape index (κ3) is 6.32. The van der Waals surface area contributed by atoms with Crippen LogP contribution < -0.4 is 35.2 Å². The molecule has 0 radical (unpaired) electrons. The predicted molar refractivity (Wildman–Crippen MR) is 123 cm³/mol. The van der Waals surface area contributed by atoms with Crippen LogP contribution >= 0.6 is 0 Å². The maximum atomic E-state index is 2.48. The van der Waals surface area contributed by atoms with E-state index in [9.17, 15) is 0 Å². The average Bonchev–Trinajstić information content (AvgIpc) is 3.24. The molecule has 0 nitrogen and oxygen atoms in total. The summed E-state index contributed by atoms with van der Waals surface area (Å²) in [6.45, 7) is 9.29. The van der Waals surface area contributed by atoms with Gasteiger partial charge in [-0.3, -0.25) is 0 Å². The minimum atomic E-state index is -0.888. The molecule has 0 spiro atoms. The molecule has 2 aliphatic rings. The van der Waals surface area contributed by atoms with E-state index in [0.29, 0.717) is 0 Å². The third-order valence-corrected chi connectivity index (χ3v) is 18.7. The normalized spacial score (nSPS) is 17.8.